The first-order valence-corrected chi connectivity index (χ1v) is 6.43. The second kappa shape index (κ2) is 4.66. The molecule has 1 aliphatic carbocycles. The highest BCUT2D eigenvalue weighted by Crippen LogP contribution is 2.31. The number of carbonyl (C=O) groups is 1. The van der Waals surface area contributed by atoms with E-state index in [1.54, 1.807) is 7.11 Å². The van der Waals surface area contributed by atoms with Crippen LogP contribution >= 0.6 is 0 Å². The minimum absolute atomic E-state index is 0.0138. The Morgan fingerprint density at radius 3 is 2.63 bits per heavy atom. The normalized spacial score (nSPS) is 21.5. The van der Waals surface area contributed by atoms with E-state index >= 15 is 0 Å². The van der Waals surface area contributed by atoms with Crippen LogP contribution in [0.25, 0.3) is 0 Å². The van der Waals surface area contributed by atoms with Crippen molar-refractivity contribution < 1.29 is 9.53 Å². The van der Waals surface area contributed by atoms with Crippen LogP contribution in [0.2, 0.25) is 0 Å². The van der Waals surface area contributed by atoms with Crippen molar-refractivity contribution in [2.45, 2.75) is 18.4 Å². The fourth-order valence-corrected chi connectivity index (χ4v) is 2.73. The SMILES string of the molecule is COCCN=C1NC(=O)C2(Cc3ccccc3C2)N1. The lowest BCUT2D eigenvalue weighted by molar-refractivity contribution is -0.123. The van der Waals surface area contributed by atoms with Crippen LogP contribution in [0.4, 0.5) is 0 Å². The molecule has 5 heteroatoms. The van der Waals surface area contributed by atoms with E-state index in [1.807, 2.05) is 12.1 Å². The number of hydrogen-bond donors (Lipinski definition) is 2. The summed E-state index contributed by atoms with van der Waals surface area (Å²) < 4.78 is 4.95. The molecule has 1 fully saturated rings. The standard InChI is InChI=1S/C14H17N3O2/c1-19-7-6-15-13-16-12(18)14(17-13)8-10-4-2-3-5-11(10)9-14/h2-5H,6-9H2,1H3,(H2,15,16,17,18). The van der Waals surface area contributed by atoms with Gasteiger partial charge in [-0.3, -0.25) is 15.1 Å². The largest absolute Gasteiger partial charge is 0.383 e. The van der Waals surface area contributed by atoms with Gasteiger partial charge in [-0.15, -0.1) is 0 Å². The third-order valence-electron chi connectivity index (χ3n) is 3.69. The molecule has 1 spiro atoms. The van der Waals surface area contributed by atoms with Gasteiger partial charge in [0.2, 0.25) is 0 Å². The van der Waals surface area contributed by atoms with E-state index in [4.69, 9.17) is 4.74 Å². The molecule has 1 saturated heterocycles. The van der Waals surface area contributed by atoms with Gasteiger partial charge in [0.05, 0.1) is 13.2 Å². The van der Waals surface area contributed by atoms with Crippen LogP contribution in [-0.4, -0.2) is 37.7 Å². The van der Waals surface area contributed by atoms with Gasteiger partial charge in [-0.2, -0.15) is 0 Å². The third kappa shape index (κ3) is 2.10. The van der Waals surface area contributed by atoms with Crippen LogP contribution in [0, 0.1) is 0 Å². The molecule has 0 radical (unpaired) electrons. The fourth-order valence-electron chi connectivity index (χ4n) is 2.73. The second-order valence-corrected chi connectivity index (χ2v) is 5.01. The fraction of sp³-hybridized carbons (Fsp3) is 0.429. The van der Waals surface area contributed by atoms with Gasteiger partial charge in [0.25, 0.3) is 5.91 Å². The predicted molar refractivity (Wildman–Crippen MR) is 72.0 cm³/mol. The summed E-state index contributed by atoms with van der Waals surface area (Å²) in [6.45, 7) is 1.09. The Bertz CT molecular complexity index is 514. The molecule has 2 aliphatic rings. The molecule has 1 amide bonds. The van der Waals surface area contributed by atoms with E-state index in [-0.39, 0.29) is 5.91 Å². The van der Waals surface area contributed by atoms with Crippen molar-refractivity contribution >= 4 is 11.9 Å². The number of nitrogens with zero attached hydrogens (tertiary/aromatic N) is 1. The molecule has 0 atom stereocenters. The van der Waals surface area contributed by atoms with E-state index in [2.05, 4.69) is 27.8 Å². The van der Waals surface area contributed by atoms with E-state index in [0.29, 0.717) is 19.1 Å². The molecule has 0 bridgehead atoms. The predicted octanol–water partition coefficient (Wildman–Crippen LogP) is 0.246. The minimum Gasteiger partial charge on any atom is -0.383 e. The minimum atomic E-state index is -0.546. The molecular formula is C14H17N3O2. The zero-order valence-corrected chi connectivity index (χ0v) is 10.9. The topological polar surface area (TPSA) is 62.7 Å². The highest BCUT2D eigenvalue weighted by atomic mass is 16.5. The van der Waals surface area contributed by atoms with E-state index in [9.17, 15) is 4.79 Å². The van der Waals surface area contributed by atoms with Crippen LogP contribution in [0.5, 0.6) is 0 Å². The first-order valence-electron chi connectivity index (χ1n) is 6.43. The number of carbonyl (C=O) groups excluding carboxylic acids is 1. The maximum Gasteiger partial charge on any atom is 0.253 e. The summed E-state index contributed by atoms with van der Waals surface area (Å²) in [6, 6.07) is 8.19. The van der Waals surface area contributed by atoms with Crippen LogP contribution < -0.4 is 10.6 Å². The summed E-state index contributed by atoms with van der Waals surface area (Å²) in [4.78, 5) is 16.5. The summed E-state index contributed by atoms with van der Waals surface area (Å²) in [7, 11) is 1.63. The Morgan fingerprint density at radius 1 is 1.32 bits per heavy atom. The molecule has 1 aromatic carbocycles. The smallest absolute Gasteiger partial charge is 0.253 e. The molecule has 19 heavy (non-hydrogen) atoms. The molecule has 0 saturated carbocycles. The van der Waals surface area contributed by atoms with Gasteiger partial charge in [0.1, 0.15) is 5.54 Å². The highest BCUT2D eigenvalue weighted by Gasteiger charge is 2.48. The summed E-state index contributed by atoms with van der Waals surface area (Å²) >= 11 is 0. The number of rotatable bonds is 3. The molecule has 0 aromatic heterocycles. The Kier molecular flexibility index (Phi) is 2.98. The van der Waals surface area contributed by atoms with Crippen molar-refractivity contribution in [1.29, 1.82) is 0 Å². The van der Waals surface area contributed by atoms with Crippen LogP contribution in [0.15, 0.2) is 29.3 Å². The number of guanidine groups is 1. The lowest BCUT2D eigenvalue weighted by Crippen LogP contribution is -2.47. The van der Waals surface area contributed by atoms with Gasteiger partial charge in [-0.25, -0.2) is 0 Å². The average Bonchev–Trinajstić information content (AvgIpc) is 2.91. The molecule has 1 aliphatic heterocycles. The van der Waals surface area contributed by atoms with Crippen molar-refractivity contribution in [1.82, 2.24) is 10.6 Å². The number of nitrogens with one attached hydrogen (secondary N) is 2. The number of amides is 1. The molecule has 2 N–H and O–H groups in total. The molecule has 0 unspecified atom stereocenters. The summed E-state index contributed by atoms with van der Waals surface area (Å²) in [5, 5.41) is 6.08. The highest BCUT2D eigenvalue weighted by molar-refractivity contribution is 6.09. The van der Waals surface area contributed by atoms with Gasteiger partial charge in [0, 0.05) is 20.0 Å². The molecule has 1 aromatic rings. The third-order valence-corrected chi connectivity index (χ3v) is 3.69. The summed E-state index contributed by atoms with van der Waals surface area (Å²) in [5.41, 5.74) is 1.93. The number of methoxy groups -OCH3 is 1. The monoisotopic (exact) mass is 259 g/mol. The zero-order chi connectivity index (χ0) is 13.3. The number of fused-ring (bicyclic) bond motifs is 1. The zero-order valence-electron chi connectivity index (χ0n) is 10.9. The molecule has 3 rings (SSSR count). The van der Waals surface area contributed by atoms with Crippen LogP contribution in [0.1, 0.15) is 11.1 Å². The lowest BCUT2D eigenvalue weighted by Gasteiger charge is -2.19. The van der Waals surface area contributed by atoms with Crippen molar-refractivity contribution in [3.8, 4) is 0 Å². The van der Waals surface area contributed by atoms with E-state index < -0.39 is 5.54 Å². The van der Waals surface area contributed by atoms with Gasteiger partial charge < -0.3 is 10.1 Å². The second-order valence-electron chi connectivity index (χ2n) is 5.01. The van der Waals surface area contributed by atoms with Gasteiger partial charge in [-0.05, 0) is 11.1 Å². The van der Waals surface area contributed by atoms with Crippen LogP contribution in [0.3, 0.4) is 0 Å². The van der Waals surface area contributed by atoms with Gasteiger partial charge >= 0.3 is 0 Å². The van der Waals surface area contributed by atoms with Crippen molar-refractivity contribution in [2.24, 2.45) is 4.99 Å². The quantitative estimate of drug-likeness (QED) is 0.765. The molecule has 100 valence electrons. The average molecular weight is 259 g/mol. The van der Waals surface area contributed by atoms with Crippen molar-refractivity contribution in [2.75, 3.05) is 20.3 Å². The summed E-state index contributed by atoms with van der Waals surface area (Å²) in [5.74, 6) is 0.578. The first-order chi connectivity index (χ1) is 9.23. The number of benzene rings is 1. The number of ether oxygens (including phenoxy) is 1. The number of aliphatic imine (C=N–C) groups is 1. The summed E-state index contributed by atoms with van der Waals surface area (Å²) in [6.07, 6.45) is 1.44. The van der Waals surface area contributed by atoms with Crippen molar-refractivity contribution in [3.63, 3.8) is 0 Å². The Hall–Kier alpha value is -1.88. The Balaban J connectivity index is 1.77. The van der Waals surface area contributed by atoms with E-state index in [0.717, 1.165) is 12.8 Å². The maximum atomic E-state index is 12.2. The molecular weight excluding hydrogens is 242 g/mol. The lowest BCUT2D eigenvalue weighted by atomic mass is 9.96. The number of hydrogen-bond acceptors (Lipinski definition) is 3. The van der Waals surface area contributed by atoms with Crippen molar-refractivity contribution in [3.05, 3.63) is 35.4 Å². The Morgan fingerprint density at radius 2 is 2.00 bits per heavy atom. The molecule has 1 heterocycles. The van der Waals surface area contributed by atoms with Crippen LogP contribution in [-0.2, 0) is 22.4 Å². The molecule has 5 nitrogen and oxygen atoms in total. The van der Waals surface area contributed by atoms with Gasteiger partial charge in [-0.1, -0.05) is 24.3 Å². The van der Waals surface area contributed by atoms with Gasteiger partial charge in [0.15, 0.2) is 5.96 Å². The Labute approximate surface area is 112 Å². The first kappa shape index (κ1) is 12.2. The van der Waals surface area contributed by atoms with E-state index in [1.165, 1.54) is 11.1 Å². The maximum absolute atomic E-state index is 12.2.